The van der Waals surface area contributed by atoms with Crippen molar-refractivity contribution in [1.82, 2.24) is 25.5 Å². The van der Waals surface area contributed by atoms with Gasteiger partial charge in [0.2, 0.25) is 0 Å². The minimum Gasteiger partial charge on any atom is -0.380 e. The number of tetrazole rings is 1. The number of nitrogens with zero attached hydrogens (tertiary/aromatic N) is 4. The predicted octanol–water partition coefficient (Wildman–Crippen LogP) is 0.156. The van der Waals surface area contributed by atoms with Crippen LogP contribution in [0.4, 0.5) is 0 Å². The smallest absolute Gasteiger partial charge is 0.176 e. The summed E-state index contributed by atoms with van der Waals surface area (Å²) in [7, 11) is 3.51. The van der Waals surface area contributed by atoms with Gasteiger partial charge in [-0.25, -0.2) is 0 Å². The highest BCUT2D eigenvalue weighted by Gasteiger charge is 2.20. The van der Waals surface area contributed by atoms with E-state index in [0.717, 1.165) is 25.2 Å². The predicted molar refractivity (Wildman–Crippen MR) is 61.1 cm³/mol. The van der Waals surface area contributed by atoms with Gasteiger partial charge < -0.3 is 10.1 Å². The first-order valence-electron chi connectivity index (χ1n) is 5.70. The van der Waals surface area contributed by atoms with Gasteiger partial charge in [0.05, 0.1) is 13.2 Å². The number of likely N-dealkylation sites (N-methyl/N-ethyl adjacent to an activating group) is 1. The molecule has 92 valence electrons. The second-order valence-corrected chi connectivity index (χ2v) is 3.75. The molecule has 0 aliphatic rings. The van der Waals surface area contributed by atoms with E-state index in [-0.39, 0.29) is 12.1 Å². The molecule has 0 aliphatic heterocycles. The van der Waals surface area contributed by atoms with Crippen molar-refractivity contribution in [3.63, 3.8) is 0 Å². The number of rotatable bonds is 7. The van der Waals surface area contributed by atoms with Crippen molar-refractivity contribution in [2.75, 3.05) is 13.7 Å². The molecule has 0 saturated carbocycles. The number of aromatic nitrogens is 4. The molecule has 0 amide bonds. The molecular formula is C10H21N5O. The maximum absolute atomic E-state index is 5.45. The molecule has 6 heteroatoms. The normalized spacial score (nSPS) is 15.0. The quantitative estimate of drug-likeness (QED) is 0.718. The van der Waals surface area contributed by atoms with Gasteiger partial charge in [0, 0.05) is 19.6 Å². The molecule has 0 aromatic carbocycles. The van der Waals surface area contributed by atoms with Gasteiger partial charge in [-0.15, -0.1) is 10.2 Å². The third-order valence-electron chi connectivity index (χ3n) is 2.57. The van der Waals surface area contributed by atoms with Crippen LogP contribution in [-0.4, -0.2) is 46.0 Å². The molecular weight excluding hydrogens is 206 g/mol. The summed E-state index contributed by atoms with van der Waals surface area (Å²) in [6.45, 7) is 5.10. The summed E-state index contributed by atoms with van der Waals surface area (Å²) in [6, 6.07) is 0.240. The molecule has 2 atom stereocenters. The highest BCUT2D eigenvalue weighted by molar-refractivity contribution is 4.88. The zero-order chi connectivity index (χ0) is 12.0. The minimum absolute atomic E-state index is 0.184. The van der Waals surface area contributed by atoms with Crippen molar-refractivity contribution in [3.05, 3.63) is 5.82 Å². The van der Waals surface area contributed by atoms with Gasteiger partial charge in [-0.05, 0) is 18.2 Å². The third kappa shape index (κ3) is 3.53. The van der Waals surface area contributed by atoms with E-state index in [0.29, 0.717) is 0 Å². The molecule has 0 radical (unpaired) electrons. The van der Waals surface area contributed by atoms with E-state index in [9.17, 15) is 0 Å². The molecule has 1 aromatic heterocycles. The van der Waals surface area contributed by atoms with Crippen LogP contribution in [0.5, 0.6) is 0 Å². The zero-order valence-corrected chi connectivity index (χ0v) is 10.5. The van der Waals surface area contributed by atoms with E-state index in [2.05, 4.69) is 34.6 Å². The van der Waals surface area contributed by atoms with Gasteiger partial charge in [-0.1, -0.05) is 13.8 Å². The molecule has 0 bridgehead atoms. The standard InChI is InChI=1S/C10H21N5O/c1-5-9(16-4)8(11-6-2)7-10-12-14-15(3)13-10/h8-9,11H,5-7H2,1-4H3. The summed E-state index contributed by atoms with van der Waals surface area (Å²) in [5.41, 5.74) is 0. The van der Waals surface area contributed by atoms with Gasteiger partial charge in [-0.3, -0.25) is 0 Å². The third-order valence-corrected chi connectivity index (χ3v) is 2.57. The first kappa shape index (κ1) is 13.1. The lowest BCUT2D eigenvalue weighted by Gasteiger charge is -2.24. The van der Waals surface area contributed by atoms with Gasteiger partial charge in [-0.2, -0.15) is 4.80 Å². The van der Waals surface area contributed by atoms with Gasteiger partial charge in [0.1, 0.15) is 0 Å². The Morgan fingerprint density at radius 3 is 2.62 bits per heavy atom. The Morgan fingerprint density at radius 1 is 1.44 bits per heavy atom. The van der Waals surface area contributed by atoms with Crippen LogP contribution in [0.25, 0.3) is 0 Å². The Labute approximate surface area is 96.4 Å². The molecule has 16 heavy (non-hydrogen) atoms. The van der Waals surface area contributed by atoms with Crippen LogP contribution < -0.4 is 5.32 Å². The van der Waals surface area contributed by atoms with E-state index in [1.807, 2.05) is 0 Å². The minimum atomic E-state index is 0.184. The van der Waals surface area contributed by atoms with Crippen LogP contribution in [0.1, 0.15) is 26.1 Å². The highest BCUT2D eigenvalue weighted by atomic mass is 16.5. The summed E-state index contributed by atoms with van der Waals surface area (Å²) >= 11 is 0. The van der Waals surface area contributed by atoms with E-state index >= 15 is 0 Å². The fourth-order valence-electron chi connectivity index (χ4n) is 1.81. The number of hydrogen-bond acceptors (Lipinski definition) is 5. The summed E-state index contributed by atoms with van der Waals surface area (Å²) in [5, 5.41) is 15.4. The molecule has 1 rings (SSSR count). The first-order valence-corrected chi connectivity index (χ1v) is 5.70. The van der Waals surface area contributed by atoms with Crippen molar-refractivity contribution >= 4 is 0 Å². The van der Waals surface area contributed by atoms with Crippen molar-refractivity contribution in [2.24, 2.45) is 7.05 Å². The Morgan fingerprint density at radius 2 is 2.19 bits per heavy atom. The highest BCUT2D eigenvalue weighted by Crippen LogP contribution is 2.07. The first-order chi connectivity index (χ1) is 7.71. The van der Waals surface area contributed by atoms with Crippen LogP contribution >= 0.6 is 0 Å². The second kappa shape index (κ2) is 6.55. The summed E-state index contributed by atoms with van der Waals surface area (Å²) < 4.78 is 5.45. The monoisotopic (exact) mass is 227 g/mol. The summed E-state index contributed by atoms with van der Waals surface area (Å²) in [6.07, 6.45) is 1.89. The maximum Gasteiger partial charge on any atom is 0.176 e. The van der Waals surface area contributed by atoms with E-state index in [4.69, 9.17) is 4.74 Å². The van der Waals surface area contributed by atoms with Crippen molar-refractivity contribution in [2.45, 2.75) is 38.8 Å². The fraction of sp³-hybridized carbons (Fsp3) is 0.900. The number of hydrogen-bond donors (Lipinski definition) is 1. The Hall–Kier alpha value is -1.01. The van der Waals surface area contributed by atoms with Crippen molar-refractivity contribution in [3.8, 4) is 0 Å². The molecule has 1 N–H and O–H groups in total. The molecule has 1 aromatic rings. The van der Waals surface area contributed by atoms with Crippen molar-refractivity contribution < 1.29 is 4.74 Å². The lowest BCUT2D eigenvalue weighted by Crippen LogP contribution is -2.42. The van der Waals surface area contributed by atoms with E-state index in [1.54, 1.807) is 14.2 Å². The largest absolute Gasteiger partial charge is 0.380 e. The van der Waals surface area contributed by atoms with Crippen molar-refractivity contribution in [1.29, 1.82) is 0 Å². The zero-order valence-electron chi connectivity index (χ0n) is 10.5. The number of nitrogens with one attached hydrogen (secondary N) is 1. The molecule has 2 unspecified atom stereocenters. The summed E-state index contributed by atoms with van der Waals surface area (Å²) in [5.74, 6) is 0.754. The molecule has 0 fully saturated rings. The lowest BCUT2D eigenvalue weighted by atomic mass is 10.0. The summed E-state index contributed by atoms with van der Waals surface area (Å²) in [4.78, 5) is 1.48. The topological polar surface area (TPSA) is 64.9 Å². The second-order valence-electron chi connectivity index (χ2n) is 3.75. The molecule has 0 spiro atoms. The number of ether oxygens (including phenoxy) is 1. The van der Waals surface area contributed by atoms with Crippen LogP contribution in [0, 0.1) is 0 Å². The van der Waals surface area contributed by atoms with Crippen LogP contribution in [0.3, 0.4) is 0 Å². The van der Waals surface area contributed by atoms with Crippen LogP contribution in [-0.2, 0) is 18.2 Å². The average Bonchev–Trinajstić information content (AvgIpc) is 2.66. The van der Waals surface area contributed by atoms with Gasteiger partial charge in [0.15, 0.2) is 5.82 Å². The molecule has 1 heterocycles. The molecule has 0 aliphatic carbocycles. The number of aryl methyl sites for hydroxylation is 1. The molecule has 0 saturated heterocycles. The van der Waals surface area contributed by atoms with Gasteiger partial charge >= 0.3 is 0 Å². The Bertz CT molecular complexity index is 297. The molecule has 6 nitrogen and oxygen atoms in total. The van der Waals surface area contributed by atoms with E-state index < -0.39 is 0 Å². The van der Waals surface area contributed by atoms with Crippen LogP contribution in [0.15, 0.2) is 0 Å². The fourth-order valence-corrected chi connectivity index (χ4v) is 1.81. The lowest BCUT2D eigenvalue weighted by molar-refractivity contribution is 0.0652. The maximum atomic E-state index is 5.45. The van der Waals surface area contributed by atoms with E-state index in [1.165, 1.54) is 4.80 Å². The Balaban J connectivity index is 2.63. The van der Waals surface area contributed by atoms with Crippen LogP contribution in [0.2, 0.25) is 0 Å². The average molecular weight is 227 g/mol. The Kier molecular flexibility index (Phi) is 5.34. The van der Waals surface area contributed by atoms with Gasteiger partial charge in [0.25, 0.3) is 0 Å². The SMILES string of the molecule is CCNC(Cc1nnn(C)n1)C(CC)OC. The number of methoxy groups -OCH3 is 1.